The predicted molar refractivity (Wildman–Crippen MR) is 142 cm³/mol. The Morgan fingerprint density at radius 3 is 2.50 bits per heavy atom. The summed E-state index contributed by atoms with van der Waals surface area (Å²) in [5, 5.41) is 10.6. The Bertz CT molecular complexity index is 1080. The molecule has 10 heteroatoms. The first-order valence-electron chi connectivity index (χ1n) is 13.1. The van der Waals surface area contributed by atoms with E-state index in [9.17, 15) is 4.79 Å². The van der Waals surface area contributed by atoms with Crippen LogP contribution in [0.1, 0.15) is 38.5 Å². The Labute approximate surface area is 217 Å². The van der Waals surface area contributed by atoms with Crippen LogP contribution in [0, 0.1) is 11.8 Å². The molecule has 1 amide bonds. The van der Waals surface area contributed by atoms with E-state index in [2.05, 4.69) is 20.9 Å². The molecule has 3 N–H and O–H groups in total. The molecule has 2 bridgehead atoms. The summed E-state index contributed by atoms with van der Waals surface area (Å²) in [6.45, 7) is 3.19. The first-order valence-corrected chi connectivity index (χ1v) is 13.6. The minimum atomic E-state index is -0.200. The number of halogens is 1. The number of alkyl halides is 1. The molecular weight excluding hydrogens is 480 g/mol. The number of anilines is 2. The normalized spacial score (nSPS) is 24.1. The minimum Gasteiger partial charge on any atom is -0.493 e. The fourth-order valence-electron chi connectivity index (χ4n) is 6.30. The molecule has 1 aromatic heterocycles. The van der Waals surface area contributed by atoms with E-state index in [1.165, 1.54) is 25.7 Å². The number of nitrogens with zero attached hydrogens (tertiary/aromatic N) is 3. The number of hydrogen-bond acceptors (Lipinski definition) is 8. The van der Waals surface area contributed by atoms with Gasteiger partial charge in [0.1, 0.15) is 11.7 Å². The average molecular weight is 517 g/mol. The van der Waals surface area contributed by atoms with Crippen molar-refractivity contribution in [2.45, 2.75) is 50.6 Å². The number of rotatable bonds is 10. The largest absolute Gasteiger partial charge is 0.493 e. The van der Waals surface area contributed by atoms with Crippen LogP contribution in [0.25, 0.3) is 10.9 Å². The third-order valence-electron chi connectivity index (χ3n) is 8.09. The lowest BCUT2D eigenvalue weighted by molar-refractivity contribution is -0.118. The van der Waals surface area contributed by atoms with Gasteiger partial charge in [-0.3, -0.25) is 9.69 Å². The summed E-state index contributed by atoms with van der Waals surface area (Å²) < 4.78 is 11.0. The van der Waals surface area contributed by atoms with E-state index in [0.717, 1.165) is 60.5 Å². The third kappa shape index (κ3) is 5.42. The summed E-state index contributed by atoms with van der Waals surface area (Å²) in [6, 6.07) is 4.96. The first-order chi connectivity index (χ1) is 17.6. The molecule has 2 aliphatic carbocycles. The molecule has 9 nitrogen and oxygen atoms in total. The molecule has 3 atom stereocenters. The zero-order chi connectivity index (χ0) is 25.1. The number of piperidine rings is 1. The lowest BCUT2D eigenvalue weighted by Gasteiger charge is -2.40. The smallest absolute Gasteiger partial charge is 0.234 e. The molecule has 2 aromatic rings. The second kappa shape index (κ2) is 11.3. The molecule has 0 radical (unpaired) electrons. The summed E-state index contributed by atoms with van der Waals surface area (Å²) in [5.41, 5.74) is 0.761. The van der Waals surface area contributed by atoms with Gasteiger partial charge >= 0.3 is 0 Å². The molecule has 5 rings (SSSR count). The Hall–Kier alpha value is -2.52. The van der Waals surface area contributed by atoms with Crippen molar-refractivity contribution in [2.75, 3.05) is 56.9 Å². The van der Waals surface area contributed by atoms with Crippen molar-refractivity contribution in [2.24, 2.45) is 11.8 Å². The predicted octanol–water partition coefficient (Wildman–Crippen LogP) is 3.48. The van der Waals surface area contributed by atoms with Gasteiger partial charge in [0.25, 0.3) is 0 Å². The molecule has 3 fully saturated rings. The highest BCUT2D eigenvalue weighted by Crippen LogP contribution is 2.47. The van der Waals surface area contributed by atoms with Crippen LogP contribution in [0.4, 0.5) is 11.8 Å². The molecule has 2 heterocycles. The van der Waals surface area contributed by atoms with Crippen LogP contribution < -0.4 is 25.4 Å². The number of benzene rings is 1. The summed E-state index contributed by atoms with van der Waals surface area (Å²) in [7, 11) is 3.25. The number of likely N-dealkylation sites (tertiary alicyclic amines) is 1. The van der Waals surface area contributed by atoms with E-state index in [1.54, 1.807) is 14.2 Å². The van der Waals surface area contributed by atoms with E-state index in [1.807, 2.05) is 12.1 Å². The molecule has 1 aromatic carbocycles. The summed E-state index contributed by atoms with van der Waals surface area (Å²) in [5.74, 6) is 4.20. The van der Waals surface area contributed by atoms with E-state index in [4.69, 9.17) is 31.0 Å². The van der Waals surface area contributed by atoms with Gasteiger partial charge in [-0.25, -0.2) is 4.98 Å². The Balaban J connectivity index is 1.30. The van der Waals surface area contributed by atoms with Crippen LogP contribution in [0.3, 0.4) is 0 Å². The standard InChI is InChI=1S/C26H37ClN6O3/c1-35-22-13-19-20(14-23(22)36-2)31-26(29-8-7-28-24(34)15-27)32-25(19)30-18-5-9-33(10-6-18)21-12-16-3-4-17(21)11-16/h13-14,16-18,21H,3-12,15H2,1-2H3,(H,28,34)(H2,29,30,31,32). The van der Waals surface area contributed by atoms with E-state index in [0.29, 0.717) is 36.6 Å². The van der Waals surface area contributed by atoms with Gasteiger partial charge in [0.05, 0.1) is 19.7 Å². The molecule has 0 spiro atoms. The van der Waals surface area contributed by atoms with E-state index in [-0.39, 0.29) is 11.8 Å². The maximum Gasteiger partial charge on any atom is 0.234 e. The quantitative estimate of drug-likeness (QED) is 0.326. The molecule has 2 saturated carbocycles. The van der Waals surface area contributed by atoms with Crippen molar-refractivity contribution in [3.63, 3.8) is 0 Å². The number of aromatic nitrogens is 2. The van der Waals surface area contributed by atoms with Gasteiger partial charge in [-0.1, -0.05) is 6.42 Å². The minimum absolute atomic E-state index is 0.0526. The second-order valence-electron chi connectivity index (χ2n) is 10.2. The third-order valence-corrected chi connectivity index (χ3v) is 8.34. The monoisotopic (exact) mass is 516 g/mol. The highest BCUT2D eigenvalue weighted by molar-refractivity contribution is 6.27. The van der Waals surface area contributed by atoms with Gasteiger partial charge in [0, 0.05) is 49.7 Å². The number of amides is 1. The number of nitrogens with one attached hydrogen (secondary N) is 3. The van der Waals surface area contributed by atoms with Gasteiger partial charge in [-0.05, 0) is 50.0 Å². The van der Waals surface area contributed by atoms with Crippen molar-refractivity contribution >= 4 is 40.2 Å². The van der Waals surface area contributed by atoms with Gasteiger partial charge in [-0.2, -0.15) is 4.98 Å². The van der Waals surface area contributed by atoms with Crippen molar-refractivity contribution in [3.05, 3.63) is 12.1 Å². The number of carbonyl (C=O) groups excluding carboxylic acids is 1. The van der Waals surface area contributed by atoms with Crippen LogP contribution in [0.15, 0.2) is 12.1 Å². The maximum atomic E-state index is 11.4. The second-order valence-corrected chi connectivity index (χ2v) is 10.5. The molecule has 1 aliphatic heterocycles. The van der Waals surface area contributed by atoms with Crippen molar-refractivity contribution in [1.82, 2.24) is 20.2 Å². The topological polar surface area (TPSA) is 101 Å². The van der Waals surface area contributed by atoms with Gasteiger partial charge < -0.3 is 25.4 Å². The molecule has 3 aliphatic rings. The van der Waals surface area contributed by atoms with E-state index < -0.39 is 0 Å². The van der Waals surface area contributed by atoms with Crippen LogP contribution in [0.5, 0.6) is 11.5 Å². The lowest BCUT2D eigenvalue weighted by Crippen LogP contribution is -2.46. The fraction of sp³-hybridized carbons (Fsp3) is 0.654. The number of hydrogen-bond donors (Lipinski definition) is 3. The lowest BCUT2D eigenvalue weighted by atomic mass is 9.92. The molecule has 3 unspecified atom stereocenters. The number of fused-ring (bicyclic) bond motifs is 3. The van der Waals surface area contributed by atoms with E-state index >= 15 is 0 Å². The van der Waals surface area contributed by atoms with Gasteiger partial charge in [0.2, 0.25) is 11.9 Å². The molecule has 196 valence electrons. The number of ether oxygens (including phenoxy) is 2. The first kappa shape index (κ1) is 25.1. The maximum absolute atomic E-state index is 11.4. The van der Waals surface area contributed by atoms with Crippen LogP contribution >= 0.6 is 11.6 Å². The van der Waals surface area contributed by atoms with Crippen LogP contribution in [-0.2, 0) is 4.79 Å². The van der Waals surface area contributed by atoms with Gasteiger partial charge in [-0.15, -0.1) is 11.6 Å². The Morgan fingerprint density at radius 2 is 1.83 bits per heavy atom. The van der Waals surface area contributed by atoms with Crippen LogP contribution in [-0.4, -0.2) is 79.1 Å². The van der Waals surface area contributed by atoms with Crippen molar-refractivity contribution in [1.29, 1.82) is 0 Å². The van der Waals surface area contributed by atoms with Crippen LogP contribution in [0.2, 0.25) is 0 Å². The Kier molecular flexibility index (Phi) is 7.86. The number of methoxy groups -OCH3 is 2. The highest BCUT2D eigenvalue weighted by Gasteiger charge is 2.42. The molecule has 1 saturated heterocycles. The number of carbonyl (C=O) groups is 1. The van der Waals surface area contributed by atoms with Crippen molar-refractivity contribution in [3.8, 4) is 11.5 Å². The molecule has 36 heavy (non-hydrogen) atoms. The average Bonchev–Trinajstić information content (AvgIpc) is 3.55. The van der Waals surface area contributed by atoms with Crippen molar-refractivity contribution < 1.29 is 14.3 Å². The summed E-state index contributed by atoms with van der Waals surface area (Å²) in [6.07, 6.45) is 7.92. The Morgan fingerprint density at radius 1 is 1.06 bits per heavy atom. The summed E-state index contributed by atoms with van der Waals surface area (Å²) in [4.78, 5) is 23.7. The SMILES string of the molecule is COc1cc2nc(NCCNC(=O)CCl)nc(NC3CCN(C4CC5CCC4C5)CC3)c2cc1OC. The zero-order valence-electron chi connectivity index (χ0n) is 21.2. The van der Waals surface area contributed by atoms with Gasteiger partial charge in [0.15, 0.2) is 11.5 Å². The summed E-state index contributed by atoms with van der Waals surface area (Å²) >= 11 is 5.55. The highest BCUT2D eigenvalue weighted by atomic mass is 35.5. The molecular formula is C26H37ClN6O3. The zero-order valence-corrected chi connectivity index (χ0v) is 21.9. The fourth-order valence-corrected chi connectivity index (χ4v) is 6.39.